The summed E-state index contributed by atoms with van der Waals surface area (Å²) in [7, 11) is 3.27. The highest BCUT2D eigenvalue weighted by Crippen LogP contribution is 2.27. The van der Waals surface area contributed by atoms with Crippen molar-refractivity contribution < 1.29 is 14.6 Å². The lowest BCUT2D eigenvalue weighted by molar-refractivity contribution is 0.0594. The zero-order chi connectivity index (χ0) is 13.8. The molecule has 0 aromatic carbocycles. The van der Waals surface area contributed by atoms with Crippen molar-refractivity contribution >= 4 is 11.8 Å². The first-order chi connectivity index (χ1) is 9.11. The van der Waals surface area contributed by atoms with E-state index < -0.39 is 5.97 Å². The Morgan fingerprint density at radius 3 is 2.95 bits per heavy atom. The van der Waals surface area contributed by atoms with Crippen LogP contribution in [0.4, 0.5) is 5.82 Å². The lowest BCUT2D eigenvalue weighted by atomic mass is 10.1. The maximum Gasteiger partial charge on any atom is 0.356 e. The Morgan fingerprint density at radius 2 is 2.32 bits per heavy atom. The lowest BCUT2D eigenvalue weighted by Gasteiger charge is -2.24. The third kappa shape index (κ3) is 3.23. The van der Waals surface area contributed by atoms with Crippen LogP contribution in [0.1, 0.15) is 29.8 Å². The highest BCUT2D eigenvalue weighted by Gasteiger charge is 2.26. The van der Waals surface area contributed by atoms with E-state index in [1.807, 2.05) is 18.0 Å². The number of ether oxygens (including phenoxy) is 1. The Kier molecular flexibility index (Phi) is 4.37. The van der Waals surface area contributed by atoms with Gasteiger partial charge in [-0.15, -0.1) is 0 Å². The summed E-state index contributed by atoms with van der Waals surface area (Å²) in [6, 6.07) is 5.28. The molecule has 1 N–H and O–H groups in total. The summed E-state index contributed by atoms with van der Waals surface area (Å²) >= 11 is 0. The van der Waals surface area contributed by atoms with Crippen LogP contribution in [0.15, 0.2) is 18.2 Å². The van der Waals surface area contributed by atoms with Gasteiger partial charge in [0.1, 0.15) is 5.82 Å². The van der Waals surface area contributed by atoms with E-state index in [4.69, 9.17) is 0 Å². The van der Waals surface area contributed by atoms with Crippen LogP contribution in [0.3, 0.4) is 0 Å². The fourth-order valence-corrected chi connectivity index (χ4v) is 2.53. The smallest absolute Gasteiger partial charge is 0.356 e. The number of carbonyl (C=O) groups excluding carboxylic acids is 1. The molecule has 104 valence electrons. The zero-order valence-corrected chi connectivity index (χ0v) is 11.4. The molecule has 5 heteroatoms. The van der Waals surface area contributed by atoms with Crippen LogP contribution >= 0.6 is 0 Å². The molecule has 1 aromatic rings. The molecule has 0 saturated heterocycles. The van der Waals surface area contributed by atoms with Crippen molar-refractivity contribution in [2.45, 2.75) is 25.4 Å². The van der Waals surface area contributed by atoms with E-state index in [-0.39, 0.29) is 12.0 Å². The van der Waals surface area contributed by atoms with Gasteiger partial charge in [-0.05, 0) is 25.0 Å². The van der Waals surface area contributed by atoms with Gasteiger partial charge >= 0.3 is 5.97 Å². The number of rotatable bonds is 4. The van der Waals surface area contributed by atoms with Crippen LogP contribution in [-0.2, 0) is 4.74 Å². The number of pyridine rings is 1. The SMILES string of the molecule is COC(=O)c1cccc(N(C)CC2CCCC2O)n1. The molecule has 1 aromatic heterocycles. The van der Waals surface area contributed by atoms with Gasteiger partial charge in [0.2, 0.25) is 0 Å². The number of hydrogen-bond donors (Lipinski definition) is 1. The molecule has 0 amide bonds. The highest BCUT2D eigenvalue weighted by molar-refractivity contribution is 5.87. The van der Waals surface area contributed by atoms with E-state index in [0.29, 0.717) is 5.69 Å². The monoisotopic (exact) mass is 264 g/mol. The van der Waals surface area contributed by atoms with Crippen LogP contribution in [0.5, 0.6) is 0 Å². The number of carbonyl (C=O) groups is 1. The van der Waals surface area contributed by atoms with Gasteiger partial charge in [0, 0.05) is 19.5 Å². The normalized spacial score (nSPS) is 22.3. The minimum absolute atomic E-state index is 0.216. The summed E-state index contributed by atoms with van der Waals surface area (Å²) in [5.74, 6) is 0.576. The summed E-state index contributed by atoms with van der Waals surface area (Å²) in [6.07, 6.45) is 2.79. The summed E-state index contributed by atoms with van der Waals surface area (Å²) in [4.78, 5) is 17.7. The molecule has 0 spiro atoms. The van der Waals surface area contributed by atoms with Crippen molar-refractivity contribution in [3.63, 3.8) is 0 Å². The minimum Gasteiger partial charge on any atom is -0.464 e. The molecule has 1 aliphatic carbocycles. The average Bonchev–Trinajstić information content (AvgIpc) is 2.83. The van der Waals surface area contributed by atoms with Gasteiger partial charge in [-0.25, -0.2) is 9.78 Å². The standard InChI is InChI=1S/C14H20N2O3/c1-16(9-10-5-3-7-12(10)17)13-8-4-6-11(15-13)14(18)19-2/h4,6,8,10,12,17H,3,5,7,9H2,1-2H3. The Hall–Kier alpha value is -1.62. The molecule has 0 bridgehead atoms. The van der Waals surface area contributed by atoms with Crippen LogP contribution in [-0.4, -0.2) is 42.9 Å². The third-order valence-corrected chi connectivity index (χ3v) is 3.65. The average molecular weight is 264 g/mol. The Bertz CT molecular complexity index is 450. The maximum atomic E-state index is 11.4. The van der Waals surface area contributed by atoms with Crippen LogP contribution in [0.25, 0.3) is 0 Å². The molecule has 2 rings (SSSR count). The number of esters is 1. The summed E-state index contributed by atoms with van der Waals surface area (Å²) in [5.41, 5.74) is 0.304. The molecule has 1 fully saturated rings. The lowest BCUT2D eigenvalue weighted by Crippen LogP contribution is -2.30. The molecular formula is C14H20N2O3. The van der Waals surface area contributed by atoms with Crippen LogP contribution in [0.2, 0.25) is 0 Å². The van der Waals surface area contributed by atoms with Crippen molar-refractivity contribution in [2.24, 2.45) is 5.92 Å². The molecule has 0 radical (unpaired) electrons. The van der Waals surface area contributed by atoms with Crippen molar-refractivity contribution in [3.05, 3.63) is 23.9 Å². The molecule has 1 aliphatic rings. The van der Waals surface area contributed by atoms with E-state index in [1.54, 1.807) is 12.1 Å². The minimum atomic E-state index is -0.434. The topological polar surface area (TPSA) is 62.7 Å². The molecule has 1 heterocycles. The van der Waals surface area contributed by atoms with Crippen molar-refractivity contribution in [1.29, 1.82) is 0 Å². The molecular weight excluding hydrogens is 244 g/mol. The van der Waals surface area contributed by atoms with Gasteiger partial charge < -0.3 is 14.7 Å². The van der Waals surface area contributed by atoms with E-state index in [2.05, 4.69) is 9.72 Å². The number of aromatic nitrogens is 1. The van der Waals surface area contributed by atoms with Gasteiger partial charge in [-0.2, -0.15) is 0 Å². The van der Waals surface area contributed by atoms with E-state index >= 15 is 0 Å². The van der Waals surface area contributed by atoms with E-state index in [0.717, 1.165) is 31.6 Å². The summed E-state index contributed by atoms with van der Waals surface area (Å²) in [6.45, 7) is 0.749. The highest BCUT2D eigenvalue weighted by atomic mass is 16.5. The Morgan fingerprint density at radius 1 is 1.53 bits per heavy atom. The predicted molar refractivity (Wildman–Crippen MR) is 72.2 cm³/mol. The second-order valence-electron chi connectivity index (χ2n) is 5.01. The van der Waals surface area contributed by atoms with Crippen molar-refractivity contribution in [2.75, 3.05) is 25.6 Å². The summed E-state index contributed by atoms with van der Waals surface area (Å²) < 4.78 is 4.66. The maximum absolute atomic E-state index is 11.4. The second kappa shape index (κ2) is 6.02. The zero-order valence-electron chi connectivity index (χ0n) is 11.4. The Labute approximate surface area is 113 Å². The van der Waals surface area contributed by atoms with Gasteiger partial charge in [0.25, 0.3) is 0 Å². The fourth-order valence-electron chi connectivity index (χ4n) is 2.53. The fraction of sp³-hybridized carbons (Fsp3) is 0.571. The molecule has 1 saturated carbocycles. The number of aliphatic hydroxyl groups excluding tert-OH is 1. The summed E-state index contributed by atoms with van der Waals surface area (Å²) in [5, 5.41) is 9.84. The molecule has 5 nitrogen and oxygen atoms in total. The van der Waals surface area contributed by atoms with Gasteiger partial charge in [-0.1, -0.05) is 12.5 Å². The van der Waals surface area contributed by atoms with Crippen LogP contribution < -0.4 is 4.90 Å². The number of aliphatic hydroxyl groups is 1. The number of nitrogens with zero attached hydrogens (tertiary/aromatic N) is 2. The largest absolute Gasteiger partial charge is 0.464 e. The van der Waals surface area contributed by atoms with Crippen LogP contribution in [0, 0.1) is 5.92 Å². The predicted octanol–water partition coefficient (Wildman–Crippen LogP) is 1.47. The molecule has 2 unspecified atom stereocenters. The number of anilines is 1. The van der Waals surface area contributed by atoms with Gasteiger partial charge in [0.15, 0.2) is 5.69 Å². The van der Waals surface area contributed by atoms with Crippen molar-refractivity contribution in [3.8, 4) is 0 Å². The molecule has 2 atom stereocenters. The molecule has 19 heavy (non-hydrogen) atoms. The van der Waals surface area contributed by atoms with Gasteiger partial charge in [0.05, 0.1) is 13.2 Å². The van der Waals surface area contributed by atoms with Crippen molar-refractivity contribution in [1.82, 2.24) is 4.98 Å². The first-order valence-electron chi connectivity index (χ1n) is 6.56. The molecule has 0 aliphatic heterocycles. The van der Waals surface area contributed by atoms with E-state index in [9.17, 15) is 9.90 Å². The first-order valence-corrected chi connectivity index (χ1v) is 6.56. The number of methoxy groups -OCH3 is 1. The quantitative estimate of drug-likeness (QED) is 0.834. The number of hydrogen-bond acceptors (Lipinski definition) is 5. The first kappa shape index (κ1) is 13.8. The van der Waals surface area contributed by atoms with Gasteiger partial charge in [-0.3, -0.25) is 0 Å². The Balaban J connectivity index is 2.06. The van der Waals surface area contributed by atoms with E-state index in [1.165, 1.54) is 7.11 Å². The second-order valence-corrected chi connectivity index (χ2v) is 5.01. The third-order valence-electron chi connectivity index (χ3n) is 3.65.